The van der Waals surface area contributed by atoms with Gasteiger partial charge in [-0.05, 0) is 23.6 Å². The van der Waals surface area contributed by atoms with Crippen molar-refractivity contribution in [3.63, 3.8) is 0 Å². The van der Waals surface area contributed by atoms with E-state index in [1.165, 1.54) is 11.1 Å². The third-order valence-electron chi connectivity index (χ3n) is 4.54. The molecule has 19 heavy (non-hydrogen) atoms. The third-order valence-corrected chi connectivity index (χ3v) is 4.54. The van der Waals surface area contributed by atoms with Crippen molar-refractivity contribution in [2.75, 3.05) is 0 Å². The largest absolute Gasteiger partial charge is 0.361 e. The molecular weight excluding hydrogens is 232 g/mol. The Morgan fingerprint density at radius 3 is 2.95 bits per heavy atom. The lowest BCUT2D eigenvalue weighted by molar-refractivity contribution is -0.0114. The number of hydrogen-bond acceptors (Lipinski definition) is 0. The van der Waals surface area contributed by atoms with Gasteiger partial charge in [-0.2, -0.15) is 4.79 Å². The van der Waals surface area contributed by atoms with Crippen LogP contribution in [-0.2, 0) is 0 Å². The Morgan fingerprint density at radius 1 is 1.16 bits per heavy atom. The van der Waals surface area contributed by atoms with Gasteiger partial charge in [0, 0.05) is 11.8 Å². The van der Waals surface area contributed by atoms with E-state index in [0.29, 0.717) is 17.8 Å². The average Bonchev–Trinajstić information content (AvgIpc) is 2.78. The quantitative estimate of drug-likeness (QED) is 0.496. The lowest BCUT2D eigenvalue weighted by Gasteiger charge is -2.28. The van der Waals surface area contributed by atoms with Gasteiger partial charge in [0.05, 0.1) is 11.5 Å². The molecule has 3 aliphatic carbocycles. The normalized spacial score (nSPS) is 30.2. The molecule has 0 spiro atoms. The summed E-state index contributed by atoms with van der Waals surface area (Å²) < 4.78 is 0. The fourth-order valence-corrected chi connectivity index (χ4v) is 3.67. The highest BCUT2D eigenvalue weighted by Gasteiger charge is 2.45. The lowest BCUT2D eigenvalue weighted by Crippen LogP contribution is -2.23. The van der Waals surface area contributed by atoms with E-state index in [1.807, 2.05) is 6.07 Å². The van der Waals surface area contributed by atoms with Crippen LogP contribution in [0.1, 0.15) is 23.5 Å². The first-order valence-corrected chi connectivity index (χ1v) is 6.76. The van der Waals surface area contributed by atoms with Crippen LogP contribution in [-0.4, -0.2) is 10.5 Å². The molecule has 4 rings (SSSR count). The molecule has 2 heteroatoms. The molecule has 0 fully saturated rings. The molecule has 3 unspecified atom stereocenters. The van der Waals surface area contributed by atoms with Gasteiger partial charge >= 0.3 is 5.71 Å². The highest BCUT2D eigenvalue weighted by Crippen LogP contribution is 2.47. The third kappa shape index (κ3) is 1.44. The Bertz CT molecular complexity index is 687. The molecule has 0 bridgehead atoms. The predicted octanol–water partition coefficient (Wildman–Crippen LogP) is 3.49. The minimum absolute atomic E-state index is 0.312. The van der Waals surface area contributed by atoms with Crippen molar-refractivity contribution in [1.29, 1.82) is 0 Å². The van der Waals surface area contributed by atoms with Crippen LogP contribution in [0.2, 0.25) is 0 Å². The fraction of sp³-hybridized carbons (Fsp3) is 0.235. The molecule has 2 nitrogen and oxygen atoms in total. The Hall–Kier alpha value is -2.18. The van der Waals surface area contributed by atoms with Crippen molar-refractivity contribution >= 4 is 5.71 Å². The summed E-state index contributed by atoms with van der Waals surface area (Å²) in [4.78, 5) is 3.60. The molecule has 0 aromatic heterocycles. The summed E-state index contributed by atoms with van der Waals surface area (Å²) in [7, 11) is 0. The smallest absolute Gasteiger partial charge is 0.303 e. The van der Waals surface area contributed by atoms with E-state index in [2.05, 4.69) is 53.4 Å². The van der Waals surface area contributed by atoms with E-state index in [4.69, 9.17) is 0 Å². The summed E-state index contributed by atoms with van der Waals surface area (Å²) in [5, 5.41) is 0. The first kappa shape index (κ1) is 10.7. The van der Waals surface area contributed by atoms with Crippen molar-refractivity contribution in [2.45, 2.75) is 12.3 Å². The number of hydrogen-bond donors (Lipinski definition) is 0. The molecule has 0 saturated carbocycles. The zero-order valence-corrected chi connectivity index (χ0v) is 10.5. The zero-order chi connectivity index (χ0) is 12.8. The second kappa shape index (κ2) is 3.91. The molecular formula is C17H14N2. The molecule has 1 aromatic rings. The second-order valence-corrected chi connectivity index (χ2v) is 5.46. The van der Waals surface area contributed by atoms with Crippen LogP contribution in [0.5, 0.6) is 0 Å². The van der Waals surface area contributed by atoms with Gasteiger partial charge in [-0.15, -0.1) is 0 Å². The Morgan fingerprint density at radius 2 is 2.05 bits per heavy atom. The van der Waals surface area contributed by atoms with Gasteiger partial charge in [0.15, 0.2) is 0 Å². The van der Waals surface area contributed by atoms with E-state index in [0.717, 1.165) is 17.7 Å². The first-order valence-electron chi connectivity index (χ1n) is 6.76. The number of benzene rings is 1. The fourth-order valence-electron chi connectivity index (χ4n) is 3.67. The number of nitrogens with zero attached hydrogens (tertiary/aromatic N) is 2. The molecule has 92 valence electrons. The van der Waals surface area contributed by atoms with Crippen LogP contribution < -0.4 is 0 Å². The Labute approximate surface area is 112 Å². The van der Waals surface area contributed by atoms with Crippen molar-refractivity contribution in [1.82, 2.24) is 0 Å². The summed E-state index contributed by atoms with van der Waals surface area (Å²) in [6, 6.07) is 8.31. The maximum Gasteiger partial charge on any atom is 0.303 e. The molecule has 0 heterocycles. The summed E-state index contributed by atoms with van der Waals surface area (Å²) in [5.41, 5.74) is 14.1. The van der Waals surface area contributed by atoms with Gasteiger partial charge in [-0.25, -0.2) is 0 Å². The Balaban J connectivity index is 1.90. The SMILES string of the molecule is [N-]=[N+]=C1c2ccccc2C2C=C3C=CC=CC3CC12. The van der Waals surface area contributed by atoms with Crippen LogP contribution in [0.3, 0.4) is 0 Å². The summed E-state index contributed by atoms with van der Waals surface area (Å²) in [6.07, 6.45) is 12.1. The highest BCUT2D eigenvalue weighted by atomic mass is 14.9. The van der Waals surface area contributed by atoms with Crippen molar-refractivity contribution < 1.29 is 4.79 Å². The van der Waals surface area contributed by atoms with Crippen LogP contribution in [0.4, 0.5) is 0 Å². The molecule has 0 radical (unpaired) electrons. The molecule has 0 N–H and O–H groups in total. The van der Waals surface area contributed by atoms with Crippen LogP contribution >= 0.6 is 0 Å². The maximum absolute atomic E-state index is 9.38. The lowest BCUT2D eigenvalue weighted by atomic mass is 9.73. The van der Waals surface area contributed by atoms with Crippen LogP contribution in [0.25, 0.3) is 5.53 Å². The van der Waals surface area contributed by atoms with Gasteiger partial charge in [-0.3, -0.25) is 0 Å². The standard InChI is InChI=1S/C17H14N2/c18-19-17-14-8-4-3-7-13(14)15-9-11-5-1-2-6-12(11)10-16(15)17/h1-9,12,15-16H,10H2. The number of rotatable bonds is 0. The minimum atomic E-state index is 0.312. The van der Waals surface area contributed by atoms with E-state index < -0.39 is 0 Å². The van der Waals surface area contributed by atoms with Crippen molar-refractivity contribution in [2.24, 2.45) is 11.8 Å². The van der Waals surface area contributed by atoms with Crippen LogP contribution in [0, 0.1) is 11.8 Å². The van der Waals surface area contributed by atoms with Gasteiger partial charge in [-0.1, -0.05) is 48.6 Å². The molecule has 0 saturated heterocycles. The summed E-state index contributed by atoms with van der Waals surface area (Å²) in [6.45, 7) is 0. The number of allylic oxidation sites excluding steroid dienone is 6. The van der Waals surface area contributed by atoms with Gasteiger partial charge in [0.2, 0.25) is 0 Å². The van der Waals surface area contributed by atoms with Crippen molar-refractivity contribution in [3.05, 3.63) is 76.9 Å². The summed E-state index contributed by atoms with van der Waals surface area (Å²) >= 11 is 0. The monoisotopic (exact) mass is 246 g/mol. The van der Waals surface area contributed by atoms with Gasteiger partial charge in [0.25, 0.3) is 0 Å². The maximum atomic E-state index is 9.38. The van der Waals surface area contributed by atoms with Gasteiger partial charge < -0.3 is 5.53 Å². The molecule has 0 aliphatic heterocycles. The van der Waals surface area contributed by atoms with E-state index >= 15 is 0 Å². The van der Waals surface area contributed by atoms with Crippen LogP contribution in [0.15, 0.2) is 60.2 Å². The van der Waals surface area contributed by atoms with E-state index in [-0.39, 0.29) is 0 Å². The van der Waals surface area contributed by atoms with Crippen molar-refractivity contribution in [3.8, 4) is 0 Å². The average molecular weight is 246 g/mol. The minimum Gasteiger partial charge on any atom is -0.361 e. The topological polar surface area (TPSA) is 36.4 Å². The molecule has 3 atom stereocenters. The van der Waals surface area contributed by atoms with Gasteiger partial charge in [0.1, 0.15) is 0 Å². The molecule has 0 amide bonds. The van der Waals surface area contributed by atoms with E-state index in [1.54, 1.807) is 0 Å². The molecule has 1 aromatic carbocycles. The van der Waals surface area contributed by atoms with E-state index in [9.17, 15) is 5.53 Å². The Kier molecular flexibility index (Phi) is 2.20. The highest BCUT2D eigenvalue weighted by molar-refractivity contribution is 6.04. The predicted molar refractivity (Wildman–Crippen MR) is 74.9 cm³/mol. The molecule has 3 aliphatic rings. The first-order chi connectivity index (χ1) is 9.38. The number of fused-ring (bicyclic) bond motifs is 4. The second-order valence-electron chi connectivity index (χ2n) is 5.46. The zero-order valence-electron chi connectivity index (χ0n) is 10.5. The summed E-state index contributed by atoms with van der Waals surface area (Å²) in [5.74, 6) is 1.15.